The largest absolute Gasteiger partial charge is 0.371 e. The van der Waals surface area contributed by atoms with Crippen molar-refractivity contribution in [3.63, 3.8) is 0 Å². The summed E-state index contributed by atoms with van der Waals surface area (Å²) in [5.41, 5.74) is 7.47. The van der Waals surface area contributed by atoms with E-state index in [1.807, 2.05) is 11.0 Å². The molecule has 12 nitrogen and oxygen atoms in total. The van der Waals surface area contributed by atoms with Gasteiger partial charge >= 0.3 is 0 Å². The molecule has 4 heterocycles. The number of nitrogens with one attached hydrogen (secondary N) is 1. The first-order valence-corrected chi connectivity index (χ1v) is 15.4. The van der Waals surface area contributed by atoms with Gasteiger partial charge in [-0.15, -0.1) is 5.10 Å². The molecule has 3 aromatic rings. The van der Waals surface area contributed by atoms with Gasteiger partial charge in [0.25, 0.3) is 11.5 Å². The van der Waals surface area contributed by atoms with Crippen molar-refractivity contribution in [1.82, 2.24) is 25.2 Å². The number of piperidine rings is 3. The molecule has 232 valence electrons. The lowest BCUT2D eigenvalue weighted by Gasteiger charge is -2.37. The Morgan fingerprint density at radius 2 is 1.67 bits per heavy atom. The van der Waals surface area contributed by atoms with E-state index >= 15 is 0 Å². The van der Waals surface area contributed by atoms with E-state index in [-0.39, 0.29) is 30.6 Å². The fourth-order valence-electron chi connectivity index (χ4n) is 6.37. The Balaban J connectivity index is 1.01. The summed E-state index contributed by atoms with van der Waals surface area (Å²) in [5, 5.41) is 10.7. The first-order chi connectivity index (χ1) is 21.8. The number of imide groups is 1. The molecule has 1 atom stereocenters. The van der Waals surface area contributed by atoms with E-state index in [2.05, 4.69) is 32.4 Å². The van der Waals surface area contributed by atoms with E-state index in [0.717, 1.165) is 61.1 Å². The number of anilines is 1. The van der Waals surface area contributed by atoms with E-state index in [9.17, 15) is 24.0 Å². The monoisotopic (exact) mass is 609 g/mol. The molecule has 0 saturated carbocycles. The smallest absolute Gasteiger partial charge is 0.278 e. The summed E-state index contributed by atoms with van der Waals surface area (Å²) < 4.78 is 1.07. The number of hydrogen-bond donors (Lipinski definition) is 2. The molecule has 3 aliphatic heterocycles. The topological polar surface area (TPSA) is 161 Å². The zero-order valence-corrected chi connectivity index (χ0v) is 24.9. The normalized spacial score (nSPS) is 19.6. The molecule has 2 aromatic carbocycles. The fraction of sp³-hybridized carbons (Fsp3) is 0.424. The molecule has 1 aromatic heterocycles. The summed E-state index contributed by atoms with van der Waals surface area (Å²) in [7, 11) is 0. The number of carbonyl (C=O) groups is 4. The van der Waals surface area contributed by atoms with Crippen molar-refractivity contribution in [2.75, 3.05) is 31.1 Å². The SMILES string of the molecule is NC(=O)c1ccc(C#CCC2CCN(C(=O)C3CCN(c4ccc5nnn(C6CCC(=O)NC6=O)c(=O)c5c4)CC3)CC2)cc1. The second kappa shape index (κ2) is 12.9. The Morgan fingerprint density at radius 1 is 0.933 bits per heavy atom. The first-order valence-electron chi connectivity index (χ1n) is 15.4. The van der Waals surface area contributed by atoms with E-state index < -0.39 is 23.4 Å². The number of primary amides is 1. The summed E-state index contributed by atoms with van der Waals surface area (Å²) in [6.07, 6.45) is 4.42. The van der Waals surface area contributed by atoms with Gasteiger partial charge in [-0.3, -0.25) is 29.3 Å². The van der Waals surface area contributed by atoms with Gasteiger partial charge in [-0.25, -0.2) is 0 Å². The molecule has 12 heteroatoms. The van der Waals surface area contributed by atoms with Gasteiger partial charge in [0.2, 0.25) is 17.7 Å². The summed E-state index contributed by atoms with van der Waals surface area (Å²) in [6, 6.07) is 11.5. The number of benzene rings is 2. The molecule has 0 bridgehead atoms. The zero-order chi connectivity index (χ0) is 31.5. The molecule has 6 rings (SSSR count). The first kappa shape index (κ1) is 30.0. The molecule has 45 heavy (non-hydrogen) atoms. The minimum absolute atomic E-state index is 0.0305. The predicted octanol–water partition coefficient (Wildman–Crippen LogP) is 1.76. The molecule has 0 spiro atoms. The van der Waals surface area contributed by atoms with Crippen molar-refractivity contribution in [3.8, 4) is 11.8 Å². The number of carbonyl (C=O) groups excluding carboxylic acids is 4. The molecule has 4 amide bonds. The molecule has 3 aliphatic rings. The maximum atomic E-state index is 13.4. The highest BCUT2D eigenvalue weighted by Gasteiger charge is 2.32. The van der Waals surface area contributed by atoms with Crippen LogP contribution in [0.15, 0.2) is 47.3 Å². The summed E-state index contributed by atoms with van der Waals surface area (Å²) in [6.45, 7) is 2.86. The number of nitrogens with two attached hydrogens (primary N) is 1. The maximum absolute atomic E-state index is 13.4. The van der Waals surface area contributed by atoms with Gasteiger partial charge in [-0.05, 0) is 80.5 Å². The molecule has 0 radical (unpaired) electrons. The lowest BCUT2D eigenvalue weighted by molar-refractivity contribution is -0.138. The van der Waals surface area contributed by atoms with Crippen LogP contribution in [0.5, 0.6) is 0 Å². The highest BCUT2D eigenvalue weighted by atomic mass is 16.2. The van der Waals surface area contributed by atoms with E-state index in [1.165, 1.54) is 0 Å². The Kier molecular flexibility index (Phi) is 8.60. The van der Waals surface area contributed by atoms with Crippen molar-refractivity contribution < 1.29 is 19.2 Å². The maximum Gasteiger partial charge on any atom is 0.278 e. The van der Waals surface area contributed by atoms with Gasteiger partial charge in [-0.2, -0.15) is 4.68 Å². The second-order valence-corrected chi connectivity index (χ2v) is 12.0. The highest BCUT2D eigenvalue weighted by Crippen LogP contribution is 2.28. The summed E-state index contributed by atoms with van der Waals surface area (Å²) in [5.74, 6) is 5.68. The number of likely N-dealkylation sites (tertiary alicyclic amines) is 1. The average Bonchev–Trinajstić information content (AvgIpc) is 3.06. The van der Waals surface area contributed by atoms with Gasteiger partial charge in [0.05, 0.1) is 5.39 Å². The standard InChI is InChI=1S/C33H35N7O5/c34-30(42)23-6-4-21(5-7-23)2-1-3-22-12-16-39(17-13-22)32(44)24-14-18-38(19-15-24)25-8-9-27-26(20-25)33(45)40(37-36-27)28-10-11-29(41)35-31(28)43/h4-9,20,22,24,28H,3,10-19H2,(H2,34,42)(H,35,41,43). The summed E-state index contributed by atoms with van der Waals surface area (Å²) in [4.78, 5) is 65.9. The fourth-order valence-corrected chi connectivity index (χ4v) is 6.37. The van der Waals surface area contributed by atoms with Crippen molar-refractivity contribution in [2.45, 2.75) is 51.0 Å². The third kappa shape index (κ3) is 6.57. The lowest BCUT2D eigenvalue weighted by atomic mass is 9.90. The van der Waals surface area contributed by atoms with Crippen LogP contribution in [-0.4, -0.2) is 69.7 Å². The van der Waals surface area contributed by atoms with Crippen LogP contribution in [0.1, 0.15) is 66.9 Å². The van der Waals surface area contributed by atoms with Crippen LogP contribution in [0.4, 0.5) is 5.69 Å². The highest BCUT2D eigenvalue weighted by molar-refractivity contribution is 5.99. The molecular weight excluding hydrogens is 574 g/mol. The van der Waals surface area contributed by atoms with Crippen LogP contribution in [0.25, 0.3) is 10.9 Å². The molecule has 1 unspecified atom stereocenters. The van der Waals surface area contributed by atoms with Gasteiger partial charge in [-0.1, -0.05) is 17.1 Å². The Morgan fingerprint density at radius 3 is 2.36 bits per heavy atom. The van der Waals surface area contributed by atoms with E-state index in [1.54, 1.807) is 36.4 Å². The van der Waals surface area contributed by atoms with Crippen LogP contribution >= 0.6 is 0 Å². The van der Waals surface area contributed by atoms with Crippen molar-refractivity contribution in [1.29, 1.82) is 0 Å². The zero-order valence-electron chi connectivity index (χ0n) is 24.9. The minimum atomic E-state index is -0.871. The minimum Gasteiger partial charge on any atom is -0.371 e. The number of nitrogens with zero attached hydrogens (tertiary/aromatic N) is 5. The number of hydrogen-bond acceptors (Lipinski definition) is 8. The number of rotatable bonds is 5. The number of aromatic nitrogens is 3. The number of amides is 4. The van der Waals surface area contributed by atoms with Crippen molar-refractivity contribution in [2.24, 2.45) is 17.6 Å². The molecule has 3 fully saturated rings. The second-order valence-electron chi connectivity index (χ2n) is 12.0. The number of fused-ring (bicyclic) bond motifs is 1. The van der Waals surface area contributed by atoms with Gasteiger partial charge in [0.1, 0.15) is 11.6 Å². The van der Waals surface area contributed by atoms with Crippen LogP contribution in [-0.2, 0) is 14.4 Å². The van der Waals surface area contributed by atoms with Crippen LogP contribution < -0.4 is 21.5 Å². The van der Waals surface area contributed by atoms with Crippen LogP contribution in [0.3, 0.4) is 0 Å². The quantitative estimate of drug-likeness (QED) is 0.327. The van der Waals surface area contributed by atoms with E-state index in [4.69, 9.17) is 5.73 Å². The van der Waals surface area contributed by atoms with Gasteiger partial charge in [0.15, 0.2) is 0 Å². The lowest BCUT2D eigenvalue weighted by Crippen LogP contribution is -2.45. The van der Waals surface area contributed by atoms with Crippen molar-refractivity contribution >= 4 is 40.2 Å². The Hall–Kier alpha value is -5.05. The molecule has 0 aliphatic carbocycles. The third-order valence-electron chi connectivity index (χ3n) is 9.10. The van der Waals surface area contributed by atoms with Crippen LogP contribution in [0, 0.1) is 23.7 Å². The summed E-state index contributed by atoms with van der Waals surface area (Å²) >= 11 is 0. The predicted molar refractivity (Wildman–Crippen MR) is 166 cm³/mol. The molecule has 3 saturated heterocycles. The molecule has 3 N–H and O–H groups in total. The third-order valence-corrected chi connectivity index (χ3v) is 9.10. The molecular formula is C33H35N7O5. The average molecular weight is 610 g/mol. The Bertz CT molecular complexity index is 1760. The van der Waals surface area contributed by atoms with E-state index in [0.29, 0.717) is 35.5 Å². The van der Waals surface area contributed by atoms with Gasteiger partial charge < -0.3 is 15.5 Å². The van der Waals surface area contributed by atoms with Crippen LogP contribution in [0.2, 0.25) is 0 Å². The van der Waals surface area contributed by atoms with Crippen molar-refractivity contribution in [3.05, 3.63) is 63.9 Å². The Labute approximate surface area is 259 Å². The van der Waals surface area contributed by atoms with Gasteiger partial charge in [0, 0.05) is 61.8 Å².